The summed E-state index contributed by atoms with van der Waals surface area (Å²) in [6.07, 6.45) is -4.29. The second kappa shape index (κ2) is 6.96. The van der Waals surface area contributed by atoms with Crippen LogP contribution in [0.1, 0.15) is 22.1 Å². The summed E-state index contributed by atoms with van der Waals surface area (Å²) in [5, 5.41) is 2.98. The maximum absolute atomic E-state index is 12.4. The number of rotatable bonds is 5. The summed E-state index contributed by atoms with van der Waals surface area (Å²) < 4.78 is 37.3. The van der Waals surface area contributed by atoms with Crippen molar-refractivity contribution < 1.29 is 13.2 Å². The largest absolute Gasteiger partial charge is 0.416 e. The molecule has 0 aliphatic heterocycles. The van der Waals surface area contributed by atoms with E-state index in [4.69, 9.17) is 11.6 Å². The van der Waals surface area contributed by atoms with Crippen molar-refractivity contribution in [1.82, 2.24) is 5.32 Å². The summed E-state index contributed by atoms with van der Waals surface area (Å²) in [5.41, 5.74) is 1.17. The van der Waals surface area contributed by atoms with Crippen LogP contribution in [0.5, 0.6) is 0 Å². The zero-order chi connectivity index (χ0) is 15.3. The Morgan fingerprint density at radius 1 is 0.952 bits per heavy atom. The number of hydrogen-bond acceptors (Lipinski definition) is 1. The number of halogens is 4. The fourth-order valence-corrected chi connectivity index (χ4v) is 2.19. The third kappa shape index (κ3) is 4.76. The van der Waals surface area contributed by atoms with Crippen LogP contribution < -0.4 is 5.32 Å². The zero-order valence-electron chi connectivity index (χ0n) is 11.2. The molecule has 0 bridgehead atoms. The minimum Gasteiger partial charge on any atom is -0.311 e. The van der Waals surface area contributed by atoms with Gasteiger partial charge in [-0.1, -0.05) is 42.5 Å². The van der Waals surface area contributed by atoms with Gasteiger partial charge in [-0.15, -0.1) is 11.6 Å². The van der Waals surface area contributed by atoms with Gasteiger partial charge >= 0.3 is 6.18 Å². The highest BCUT2D eigenvalue weighted by Crippen LogP contribution is 2.29. The summed E-state index contributed by atoms with van der Waals surface area (Å²) in [4.78, 5) is 0. The topological polar surface area (TPSA) is 12.0 Å². The Morgan fingerprint density at radius 3 is 2.14 bits per heavy atom. The van der Waals surface area contributed by atoms with Gasteiger partial charge in [0.1, 0.15) is 0 Å². The van der Waals surface area contributed by atoms with Crippen LogP contribution in [0.15, 0.2) is 54.6 Å². The number of benzene rings is 2. The van der Waals surface area contributed by atoms with Gasteiger partial charge in [0.25, 0.3) is 0 Å². The van der Waals surface area contributed by atoms with Crippen molar-refractivity contribution in [1.29, 1.82) is 0 Å². The van der Waals surface area contributed by atoms with Crippen molar-refractivity contribution in [2.24, 2.45) is 0 Å². The maximum Gasteiger partial charge on any atom is 0.416 e. The van der Waals surface area contributed by atoms with Crippen LogP contribution in [-0.4, -0.2) is 6.54 Å². The van der Waals surface area contributed by atoms with E-state index in [9.17, 15) is 13.2 Å². The molecule has 0 amide bonds. The van der Waals surface area contributed by atoms with E-state index in [2.05, 4.69) is 5.32 Å². The van der Waals surface area contributed by atoms with Crippen molar-refractivity contribution in [3.63, 3.8) is 0 Å². The first kappa shape index (κ1) is 15.9. The Kier molecular flexibility index (Phi) is 5.26. The molecule has 0 spiro atoms. The molecule has 0 aliphatic rings. The second-order valence-corrected chi connectivity index (χ2v) is 5.23. The lowest BCUT2D eigenvalue weighted by Gasteiger charge is -2.12. The summed E-state index contributed by atoms with van der Waals surface area (Å²) in [7, 11) is 0. The lowest BCUT2D eigenvalue weighted by Crippen LogP contribution is -2.18. The van der Waals surface area contributed by atoms with Gasteiger partial charge < -0.3 is 5.32 Å². The van der Waals surface area contributed by atoms with Crippen LogP contribution in [0.3, 0.4) is 0 Å². The molecule has 1 atom stereocenters. The zero-order valence-corrected chi connectivity index (χ0v) is 12.0. The van der Waals surface area contributed by atoms with E-state index in [-0.39, 0.29) is 5.38 Å². The lowest BCUT2D eigenvalue weighted by molar-refractivity contribution is -0.137. The normalized spacial score (nSPS) is 13.1. The van der Waals surface area contributed by atoms with Gasteiger partial charge in [0, 0.05) is 13.1 Å². The average molecular weight is 314 g/mol. The molecule has 0 saturated heterocycles. The molecule has 2 aromatic rings. The molecule has 0 heterocycles. The van der Waals surface area contributed by atoms with Crippen molar-refractivity contribution in [3.8, 4) is 0 Å². The predicted molar refractivity (Wildman–Crippen MR) is 78.2 cm³/mol. The molecule has 0 aromatic heterocycles. The van der Waals surface area contributed by atoms with Crippen molar-refractivity contribution in [2.45, 2.75) is 18.1 Å². The standard InChI is InChI=1S/C16H15ClF3N/c17-15(13-4-2-1-3-5-13)11-21-10-12-6-8-14(9-7-12)16(18,19)20/h1-9,15,21H,10-11H2. The quantitative estimate of drug-likeness (QED) is 0.784. The summed E-state index contributed by atoms with van der Waals surface area (Å²) in [5.74, 6) is 0. The Morgan fingerprint density at radius 2 is 1.57 bits per heavy atom. The molecule has 1 unspecified atom stereocenters. The van der Waals surface area contributed by atoms with Crippen LogP contribution in [0.25, 0.3) is 0 Å². The van der Waals surface area contributed by atoms with E-state index < -0.39 is 11.7 Å². The van der Waals surface area contributed by atoms with Crippen molar-refractivity contribution in [2.75, 3.05) is 6.54 Å². The third-order valence-corrected chi connectivity index (χ3v) is 3.50. The van der Waals surface area contributed by atoms with Gasteiger partial charge in [0.2, 0.25) is 0 Å². The Bertz CT molecular complexity index is 552. The fourth-order valence-electron chi connectivity index (χ4n) is 1.93. The molecule has 21 heavy (non-hydrogen) atoms. The Balaban J connectivity index is 1.84. The smallest absolute Gasteiger partial charge is 0.311 e. The molecule has 112 valence electrons. The van der Waals surface area contributed by atoms with Crippen LogP contribution in [-0.2, 0) is 12.7 Å². The fraction of sp³-hybridized carbons (Fsp3) is 0.250. The van der Waals surface area contributed by atoms with E-state index in [1.807, 2.05) is 30.3 Å². The average Bonchev–Trinajstić information content (AvgIpc) is 2.47. The predicted octanol–water partition coefficient (Wildman–Crippen LogP) is 4.78. The maximum atomic E-state index is 12.4. The van der Waals surface area contributed by atoms with Crippen molar-refractivity contribution >= 4 is 11.6 Å². The molecule has 1 N–H and O–H groups in total. The van der Waals surface area contributed by atoms with Gasteiger partial charge in [0.05, 0.1) is 10.9 Å². The minimum atomic E-state index is -4.29. The summed E-state index contributed by atoms with van der Waals surface area (Å²) in [6.45, 7) is 1.03. The van der Waals surface area contributed by atoms with Gasteiger partial charge in [-0.3, -0.25) is 0 Å². The minimum absolute atomic E-state index is 0.166. The molecule has 0 saturated carbocycles. The first-order valence-electron chi connectivity index (χ1n) is 6.52. The van der Waals surface area contributed by atoms with E-state index in [1.54, 1.807) is 0 Å². The number of hydrogen-bond donors (Lipinski definition) is 1. The Labute approximate surface area is 126 Å². The second-order valence-electron chi connectivity index (χ2n) is 4.70. The molecule has 5 heteroatoms. The van der Waals surface area contributed by atoms with Crippen LogP contribution in [0.2, 0.25) is 0 Å². The van der Waals surface area contributed by atoms with E-state index in [0.717, 1.165) is 23.3 Å². The highest BCUT2D eigenvalue weighted by Gasteiger charge is 2.29. The molecule has 2 rings (SSSR count). The molecule has 2 aromatic carbocycles. The van der Waals surface area contributed by atoms with Gasteiger partial charge in [0.15, 0.2) is 0 Å². The summed E-state index contributed by atoms with van der Waals surface area (Å²) >= 11 is 6.25. The van der Waals surface area contributed by atoms with Crippen LogP contribution >= 0.6 is 11.6 Å². The van der Waals surface area contributed by atoms with Crippen LogP contribution in [0.4, 0.5) is 13.2 Å². The molecule has 1 nitrogen and oxygen atoms in total. The number of alkyl halides is 4. The third-order valence-electron chi connectivity index (χ3n) is 3.10. The SMILES string of the molecule is FC(F)(F)c1ccc(CNCC(Cl)c2ccccc2)cc1. The van der Waals surface area contributed by atoms with Crippen molar-refractivity contribution in [3.05, 3.63) is 71.3 Å². The highest BCUT2D eigenvalue weighted by atomic mass is 35.5. The Hall–Kier alpha value is -1.52. The monoisotopic (exact) mass is 313 g/mol. The highest BCUT2D eigenvalue weighted by molar-refractivity contribution is 6.21. The van der Waals surface area contributed by atoms with Gasteiger partial charge in [-0.05, 0) is 23.3 Å². The van der Waals surface area contributed by atoms with E-state index in [1.165, 1.54) is 12.1 Å². The van der Waals surface area contributed by atoms with E-state index >= 15 is 0 Å². The first-order valence-corrected chi connectivity index (χ1v) is 6.96. The summed E-state index contributed by atoms with van der Waals surface area (Å²) in [6, 6.07) is 14.8. The molecule has 0 aliphatic carbocycles. The molecule has 0 fully saturated rings. The molecule has 0 radical (unpaired) electrons. The van der Waals surface area contributed by atoms with E-state index in [0.29, 0.717) is 13.1 Å². The van der Waals surface area contributed by atoms with Crippen LogP contribution in [0, 0.1) is 0 Å². The van der Waals surface area contributed by atoms with Gasteiger partial charge in [-0.25, -0.2) is 0 Å². The molecular formula is C16H15ClF3N. The molecular weight excluding hydrogens is 299 g/mol. The van der Waals surface area contributed by atoms with Gasteiger partial charge in [-0.2, -0.15) is 13.2 Å². The lowest BCUT2D eigenvalue weighted by atomic mass is 10.1. The first-order chi connectivity index (χ1) is 9.97. The number of nitrogens with one attached hydrogen (secondary N) is 1.